The van der Waals surface area contributed by atoms with Gasteiger partial charge in [-0.3, -0.25) is 14.6 Å². The highest BCUT2D eigenvalue weighted by molar-refractivity contribution is 6.33. The van der Waals surface area contributed by atoms with Crippen LogP contribution in [0.15, 0.2) is 36.7 Å². The van der Waals surface area contributed by atoms with Crippen LogP contribution in [0.2, 0.25) is 5.02 Å². The number of halogens is 1. The molecule has 1 saturated heterocycles. The maximum atomic E-state index is 12.3. The molecule has 1 fully saturated rings. The number of nitrogens with zero attached hydrogens (tertiary/aromatic N) is 3. The summed E-state index contributed by atoms with van der Waals surface area (Å²) in [5.41, 5.74) is 0.768. The lowest BCUT2D eigenvalue weighted by molar-refractivity contribution is 0.0786. The first-order valence-electron chi connectivity index (χ1n) is 8.53. The quantitative estimate of drug-likeness (QED) is 0.758. The second-order valence-electron chi connectivity index (χ2n) is 5.95. The van der Waals surface area contributed by atoms with Crippen molar-refractivity contribution < 1.29 is 9.59 Å². The predicted octanol–water partition coefficient (Wildman–Crippen LogP) is 2.21. The molecule has 136 valence electrons. The highest BCUT2D eigenvalue weighted by Crippen LogP contribution is 2.14. The number of likely N-dealkylation sites (tertiary alicyclic amines) is 1. The van der Waals surface area contributed by atoms with E-state index in [1.54, 1.807) is 35.4 Å². The summed E-state index contributed by atoms with van der Waals surface area (Å²) in [7, 11) is 0. The summed E-state index contributed by atoms with van der Waals surface area (Å²) >= 11 is 6.00. The summed E-state index contributed by atoms with van der Waals surface area (Å²) < 4.78 is 0. The minimum atomic E-state index is -0.235. The van der Waals surface area contributed by atoms with Crippen LogP contribution in [0.25, 0.3) is 0 Å². The summed E-state index contributed by atoms with van der Waals surface area (Å²) in [4.78, 5) is 34.6. The van der Waals surface area contributed by atoms with Crippen LogP contribution in [0, 0.1) is 0 Å². The van der Waals surface area contributed by atoms with Crippen molar-refractivity contribution in [3.8, 4) is 0 Å². The van der Waals surface area contributed by atoms with Crippen molar-refractivity contribution in [1.29, 1.82) is 0 Å². The van der Waals surface area contributed by atoms with E-state index in [-0.39, 0.29) is 11.8 Å². The second kappa shape index (κ2) is 8.62. The minimum absolute atomic E-state index is 0.0920. The highest BCUT2D eigenvalue weighted by Gasteiger charge is 2.21. The van der Waals surface area contributed by atoms with Gasteiger partial charge in [-0.25, -0.2) is 4.98 Å². The molecule has 1 aliphatic heterocycles. The van der Waals surface area contributed by atoms with Crippen molar-refractivity contribution in [1.82, 2.24) is 20.2 Å². The number of anilines is 1. The fraction of sp³-hybridized carbons (Fsp3) is 0.333. The first-order chi connectivity index (χ1) is 12.6. The van der Waals surface area contributed by atoms with Gasteiger partial charge in [0.2, 0.25) is 0 Å². The zero-order valence-electron chi connectivity index (χ0n) is 14.2. The van der Waals surface area contributed by atoms with Crippen molar-refractivity contribution in [2.45, 2.75) is 12.8 Å². The van der Waals surface area contributed by atoms with Gasteiger partial charge in [0.05, 0.1) is 23.0 Å². The summed E-state index contributed by atoms with van der Waals surface area (Å²) in [5, 5.41) is 6.26. The van der Waals surface area contributed by atoms with E-state index in [1.165, 1.54) is 6.20 Å². The van der Waals surface area contributed by atoms with Crippen LogP contribution >= 0.6 is 11.6 Å². The van der Waals surface area contributed by atoms with Gasteiger partial charge in [0.25, 0.3) is 11.8 Å². The van der Waals surface area contributed by atoms with Gasteiger partial charge in [0.1, 0.15) is 11.5 Å². The average Bonchev–Trinajstić information content (AvgIpc) is 3.20. The summed E-state index contributed by atoms with van der Waals surface area (Å²) in [6.07, 6.45) is 5.09. The third-order valence-electron chi connectivity index (χ3n) is 4.08. The van der Waals surface area contributed by atoms with E-state index in [9.17, 15) is 9.59 Å². The first-order valence-corrected chi connectivity index (χ1v) is 8.91. The molecule has 0 unspecified atom stereocenters. The largest absolute Gasteiger partial charge is 0.367 e. The maximum absolute atomic E-state index is 12.3. The fourth-order valence-electron chi connectivity index (χ4n) is 2.74. The van der Waals surface area contributed by atoms with E-state index < -0.39 is 0 Å². The molecule has 0 aliphatic carbocycles. The number of aromatic nitrogens is 2. The first kappa shape index (κ1) is 18.1. The van der Waals surface area contributed by atoms with Crippen LogP contribution in [0.4, 0.5) is 5.82 Å². The van der Waals surface area contributed by atoms with Crippen LogP contribution in [0.5, 0.6) is 0 Å². The van der Waals surface area contributed by atoms with E-state index in [0.29, 0.717) is 35.2 Å². The Balaban J connectivity index is 1.49. The highest BCUT2D eigenvalue weighted by atomic mass is 35.5. The molecule has 1 aromatic heterocycles. The minimum Gasteiger partial charge on any atom is -0.367 e. The number of benzene rings is 1. The van der Waals surface area contributed by atoms with Gasteiger partial charge < -0.3 is 15.5 Å². The van der Waals surface area contributed by atoms with Crippen molar-refractivity contribution in [3.05, 3.63) is 52.9 Å². The Kier molecular flexibility index (Phi) is 6.01. The molecule has 2 N–H and O–H groups in total. The van der Waals surface area contributed by atoms with Gasteiger partial charge in [-0.1, -0.05) is 23.7 Å². The SMILES string of the molecule is O=C(NCCNc1cncc(C(=O)N2CCCC2)n1)c1ccccc1Cl. The van der Waals surface area contributed by atoms with Crippen molar-refractivity contribution in [2.24, 2.45) is 0 Å². The Hall–Kier alpha value is -2.67. The number of rotatable bonds is 6. The lowest BCUT2D eigenvalue weighted by atomic mass is 10.2. The number of carbonyl (C=O) groups excluding carboxylic acids is 2. The topological polar surface area (TPSA) is 87.2 Å². The van der Waals surface area contributed by atoms with Gasteiger partial charge in [0, 0.05) is 26.2 Å². The molecule has 0 saturated carbocycles. The van der Waals surface area contributed by atoms with Crippen LogP contribution in [0.1, 0.15) is 33.7 Å². The fourth-order valence-corrected chi connectivity index (χ4v) is 2.97. The Morgan fingerprint density at radius 1 is 1.12 bits per heavy atom. The Labute approximate surface area is 156 Å². The van der Waals surface area contributed by atoms with Gasteiger partial charge in [-0.05, 0) is 25.0 Å². The second-order valence-corrected chi connectivity index (χ2v) is 6.36. The number of hydrogen-bond acceptors (Lipinski definition) is 5. The predicted molar refractivity (Wildman–Crippen MR) is 99.4 cm³/mol. The molecule has 0 spiro atoms. The molecule has 1 aliphatic rings. The summed E-state index contributed by atoms with van der Waals surface area (Å²) in [6, 6.07) is 6.88. The molecular weight excluding hydrogens is 354 g/mol. The van der Waals surface area contributed by atoms with E-state index in [4.69, 9.17) is 11.6 Å². The van der Waals surface area contributed by atoms with Gasteiger partial charge >= 0.3 is 0 Å². The molecule has 8 heteroatoms. The van der Waals surface area contributed by atoms with Crippen molar-refractivity contribution >= 4 is 29.2 Å². The number of amides is 2. The summed E-state index contributed by atoms with van der Waals surface area (Å²) in [6.45, 7) is 2.38. The summed E-state index contributed by atoms with van der Waals surface area (Å²) in [5.74, 6) is 0.175. The van der Waals surface area contributed by atoms with Crippen LogP contribution in [-0.4, -0.2) is 52.9 Å². The van der Waals surface area contributed by atoms with Gasteiger partial charge in [-0.2, -0.15) is 0 Å². The van der Waals surface area contributed by atoms with Gasteiger partial charge in [0.15, 0.2) is 0 Å². The maximum Gasteiger partial charge on any atom is 0.274 e. The Morgan fingerprint density at radius 2 is 1.88 bits per heavy atom. The average molecular weight is 374 g/mol. The molecule has 0 radical (unpaired) electrons. The van der Waals surface area contributed by atoms with Gasteiger partial charge in [-0.15, -0.1) is 0 Å². The van der Waals surface area contributed by atoms with Crippen LogP contribution in [-0.2, 0) is 0 Å². The molecule has 3 rings (SSSR count). The number of nitrogens with one attached hydrogen (secondary N) is 2. The molecule has 2 heterocycles. The Morgan fingerprint density at radius 3 is 2.65 bits per heavy atom. The smallest absolute Gasteiger partial charge is 0.274 e. The Bertz CT molecular complexity index is 793. The third kappa shape index (κ3) is 4.49. The van der Waals surface area contributed by atoms with E-state index >= 15 is 0 Å². The molecule has 2 amide bonds. The molecule has 0 bridgehead atoms. The lowest BCUT2D eigenvalue weighted by Gasteiger charge is -2.14. The normalized spacial score (nSPS) is 13.5. The van der Waals surface area contributed by atoms with E-state index in [0.717, 1.165) is 25.9 Å². The molecule has 7 nitrogen and oxygen atoms in total. The van der Waals surface area contributed by atoms with Crippen molar-refractivity contribution in [2.75, 3.05) is 31.5 Å². The number of hydrogen-bond donors (Lipinski definition) is 2. The zero-order valence-corrected chi connectivity index (χ0v) is 15.0. The monoisotopic (exact) mass is 373 g/mol. The van der Waals surface area contributed by atoms with E-state index in [2.05, 4.69) is 20.6 Å². The van der Waals surface area contributed by atoms with Crippen LogP contribution < -0.4 is 10.6 Å². The molecule has 0 atom stereocenters. The van der Waals surface area contributed by atoms with E-state index in [1.807, 2.05) is 0 Å². The van der Waals surface area contributed by atoms with Crippen LogP contribution in [0.3, 0.4) is 0 Å². The molecule has 26 heavy (non-hydrogen) atoms. The van der Waals surface area contributed by atoms with Crippen molar-refractivity contribution in [3.63, 3.8) is 0 Å². The lowest BCUT2D eigenvalue weighted by Crippen LogP contribution is -2.30. The zero-order chi connectivity index (χ0) is 18.4. The molecule has 2 aromatic rings. The molecular formula is C18H20ClN5O2. The molecule has 1 aromatic carbocycles. The number of carbonyl (C=O) groups is 2. The third-order valence-corrected chi connectivity index (χ3v) is 4.41. The standard InChI is InChI=1S/C18H20ClN5O2/c19-14-6-2-1-5-13(14)17(25)22-8-7-21-16-12-20-11-15(23-16)18(26)24-9-3-4-10-24/h1-2,5-6,11-12H,3-4,7-10H2,(H,21,23)(H,22,25).